The van der Waals surface area contributed by atoms with Crippen molar-refractivity contribution in [3.63, 3.8) is 0 Å². The van der Waals surface area contributed by atoms with Crippen molar-refractivity contribution in [3.8, 4) is 11.5 Å². The Hall–Kier alpha value is -0.870. The van der Waals surface area contributed by atoms with Crippen molar-refractivity contribution in [2.45, 2.75) is 6.54 Å². The van der Waals surface area contributed by atoms with Crippen molar-refractivity contribution in [2.75, 3.05) is 20.1 Å². The van der Waals surface area contributed by atoms with Gasteiger partial charge in [0, 0.05) is 18.0 Å². The van der Waals surface area contributed by atoms with Crippen LogP contribution in [-0.2, 0) is 6.54 Å². The van der Waals surface area contributed by atoms with Gasteiger partial charge in [-0.2, -0.15) is 12.6 Å². The van der Waals surface area contributed by atoms with Crippen LogP contribution in [0.5, 0.6) is 11.5 Å². The highest BCUT2D eigenvalue weighted by atomic mass is 32.1. The van der Waals surface area contributed by atoms with Crippen LogP contribution in [0.25, 0.3) is 0 Å². The summed E-state index contributed by atoms with van der Waals surface area (Å²) in [6.45, 7) is 0.726. The highest BCUT2D eigenvalue weighted by molar-refractivity contribution is 7.80. The van der Waals surface area contributed by atoms with Gasteiger partial charge in [-0.15, -0.1) is 0 Å². The van der Waals surface area contributed by atoms with E-state index in [1.54, 1.807) is 14.2 Å². The number of thiol groups is 1. The maximum Gasteiger partial charge on any atom is 0.123 e. The van der Waals surface area contributed by atoms with Crippen LogP contribution >= 0.6 is 12.6 Å². The van der Waals surface area contributed by atoms with Crippen LogP contribution in [0.1, 0.15) is 5.56 Å². The molecule has 0 saturated carbocycles. The molecule has 0 unspecified atom stereocenters. The Kier molecular flexibility index (Phi) is 4.62. The quantitative estimate of drug-likeness (QED) is 0.576. The summed E-state index contributed by atoms with van der Waals surface area (Å²) in [4.78, 5) is 0. The third-order valence-corrected chi connectivity index (χ3v) is 2.14. The number of hydrogen-bond acceptors (Lipinski definition) is 4. The Bertz CT molecular complexity index is 291. The third kappa shape index (κ3) is 2.82. The lowest BCUT2D eigenvalue weighted by Gasteiger charge is -2.10. The summed E-state index contributed by atoms with van der Waals surface area (Å²) in [6.07, 6.45) is 0. The van der Waals surface area contributed by atoms with Crippen LogP contribution in [0.2, 0.25) is 0 Å². The number of nitrogens with one attached hydrogen (secondary N) is 1. The number of benzene rings is 1. The van der Waals surface area contributed by atoms with Gasteiger partial charge >= 0.3 is 0 Å². The van der Waals surface area contributed by atoms with E-state index >= 15 is 0 Å². The molecular formula is C10H15NO2S. The van der Waals surface area contributed by atoms with E-state index < -0.39 is 0 Å². The minimum atomic E-state index is 0.639. The standard InChI is InChI=1S/C10H15NO2S/c1-12-9-3-4-10(13-2)8(5-9)6-11-7-14/h3-5,11,14H,6-7H2,1-2H3. The third-order valence-electron chi connectivity index (χ3n) is 1.91. The lowest BCUT2D eigenvalue weighted by molar-refractivity contribution is 0.397. The predicted molar refractivity (Wildman–Crippen MR) is 60.2 cm³/mol. The molecule has 0 aromatic heterocycles. The summed E-state index contributed by atoms with van der Waals surface area (Å²) >= 11 is 4.08. The lowest BCUT2D eigenvalue weighted by Crippen LogP contribution is -2.11. The number of methoxy groups -OCH3 is 2. The van der Waals surface area contributed by atoms with E-state index in [0.29, 0.717) is 5.88 Å². The van der Waals surface area contributed by atoms with Crippen LogP contribution < -0.4 is 14.8 Å². The fraction of sp³-hybridized carbons (Fsp3) is 0.400. The van der Waals surface area contributed by atoms with Crippen molar-refractivity contribution in [3.05, 3.63) is 23.8 Å². The topological polar surface area (TPSA) is 30.5 Å². The molecule has 1 rings (SSSR count). The van der Waals surface area contributed by atoms with Gasteiger partial charge in [-0.25, -0.2) is 0 Å². The predicted octanol–water partition coefficient (Wildman–Crippen LogP) is 1.68. The highest BCUT2D eigenvalue weighted by Crippen LogP contribution is 2.23. The van der Waals surface area contributed by atoms with Gasteiger partial charge in [-0.05, 0) is 18.2 Å². The van der Waals surface area contributed by atoms with Gasteiger partial charge in [0.2, 0.25) is 0 Å². The molecule has 1 aromatic rings. The van der Waals surface area contributed by atoms with Crippen LogP contribution in [0.3, 0.4) is 0 Å². The average molecular weight is 213 g/mol. The molecule has 4 heteroatoms. The molecule has 3 nitrogen and oxygen atoms in total. The minimum Gasteiger partial charge on any atom is -0.497 e. The molecule has 0 amide bonds. The fourth-order valence-corrected chi connectivity index (χ4v) is 1.32. The molecule has 0 aliphatic rings. The van der Waals surface area contributed by atoms with Gasteiger partial charge in [0.25, 0.3) is 0 Å². The Morgan fingerprint density at radius 3 is 2.64 bits per heavy atom. The largest absolute Gasteiger partial charge is 0.497 e. The molecule has 1 N–H and O–H groups in total. The SMILES string of the molecule is COc1ccc(OC)c(CNCS)c1. The molecule has 0 atom stereocenters. The van der Waals surface area contributed by atoms with Crippen LogP contribution in [0.15, 0.2) is 18.2 Å². The zero-order valence-corrected chi connectivity index (χ0v) is 9.30. The second kappa shape index (κ2) is 5.78. The van der Waals surface area contributed by atoms with Crippen molar-refractivity contribution >= 4 is 12.6 Å². The maximum absolute atomic E-state index is 5.22. The second-order valence-corrected chi connectivity index (χ2v) is 3.08. The minimum absolute atomic E-state index is 0.639. The van der Waals surface area contributed by atoms with Gasteiger partial charge in [0.05, 0.1) is 14.2 Å². The van der Waals surface area contributed by atoms with E-state index in [9.17, 15) is 0 Å². The molecule has 0 saturated heterocycles. The van der Waals surface area contributed by atoms with E-state index in [0.717, 1.165) is 23.6 Å². The Balaban J connectivity index is 2.84. The molecule has 0 spiro atoms. The fourth-order valence-electron chi connectivity index (χ4n) is 1.21. The van der Waals surface area contributed by atoms with Crippen molar-refractivity contribution in [2.24, 2.45) is 0 Å². The summed E-state index contributed by atoms with van der Waals surface area (Å²) in [6, 6.07) is 5.73. The molecule has 0 aliphatic heterocycles. The Morgan fingerprint density at radius 1 is 1.29 bits per heavy atom. The summed E-state index contributed by atoms with van der Waals surface area (Å²) in [7, 11) is 3.31. The summed E-state index contributed by atoms with van der Waals surface area (Å²) in [5, 5.41) is 3.12. The van der Waals surface area contributed by atoms with E-state index in [-0.39, 0.29) is 0 Å². The number of hydrogen-bond donors (Lipinski definition) is 2. The Labute approximate surface area is 89.8 Å². The lowest BCUT2D eigenvalue weighted by atomic mass is 10.2. The van der Waals surface area contributed by atoms with Crippen molar-refractivity contribution < 1.29 is 9.47 Å². The van der Waals surface area contributed by atoms with Gasteiger partial charge < -0.3 is 14.8 Å². The van der Waals surface area contributed by atoms with Gasteiger partial charge in [0.1, 0.15) is 11.5 Å². The smallest absolute Gasteiger partial charge is 0.123 e. The first-order chi connectivity index (χ1) is 6.81. The molecule has 1 aromatic carbocycles. The first-order valence-corrected chi connectivity index (χ1v) is 4.97. The molecule has 78 valence electrons. The van der Waals surface area contributed by atoms with Crippen molar-refractivity contribution in [1.82, 2.24) is 5.32 Å². The number of rotatable bonds is 5. The highest BCUT2D eigenvalue weighted by Gasteiger charge is 2.03. The zero-order chi connectivity index (χ0) is 10.4. The second-order valence-electron chi connectivity index (χ2n) is 2.76. The van der Waals surface area contributed by atoms with Gasteiger partial charge in [-0.3, -0.25) is 0 Å². The van der Waals surface area contributed by atoms with E-state index in [4.69, 9.17) is 9.47 Å². The average Bonchev–Trinajstić information content (AvgIpc) is 2.25. The molecule has 0 fully saturated rings. The van der Waals surface area contributed by atoms with Crippen molar-refractivity contribution in [1.29, 1.82) is 0 Å². The normalized spacial score (nSPS) is 9.93. The van der Waals surface area contributed by atoms with Crippen LogP contribution in [0, 0.1) is 0 Å². The first kappa shape index (κ1) is 11.2. The van der Waals surface area contributed by atoms with E-state index in [1.807, 2.05) is 18.2 Å². The number of ether oxygens (including phenoxy) is 2. The molecule has 0 heterocycles. The zero-order valence-electron chi connectivity index (χ0n) is 8.41. The first-order valence-electron chi connectivity index (χ1n) is 4.34. The van der Waals surface area contributed by atoms with Gasteiger partial charge in [-0.1, -0.05) is 0 Å². The summed E-state index contributed by atoms with van der Waals surface area (Å²) in [5.41, 5.74) is 1.07. The Morgan fingerprint density at radius 2 is 2.07 bits per heavy atom. The summed E-state index contributed by atoms with van der Waals surface area (Å²) in [5.74, 6) is 2.34. The van der Waals surface area contributed by atoms with E-state index in [1.165, 1.54) is 0 Å². The van der Waals surface area contributed by atoms with Crippen LogP contribution in [-0.4, -0.2) is 20.1 Å². The van der Waals surface area contributed by atoms with Gasteiger partial charge in [0.15, 0.2) is 0 Å². The molecule has 0 bridgehead atoms. The molecular weight excluding hydrogens is 198 g/mol. The molecule has 14 heavy (non-hydrogen) atoms. The molecule has 0 radical (unpaired) electrons. The maximum atomic E-state index is 5.22. The van der Waals surface area contributed by atoms with Crippen LogP contribution in [0.4, 0.5) is 0 Å². The summed E-state index contributed by atoms with van der Waals surface area (Å²) < 4.78 is 10.4. The molecule has 0 aliphatic carbocycles. The van der Waals surface area contributed by atoms with E-state index in [2.05, 4.69) is 17.9 Å². The monoisotopic (exact) mass is 213 g/mol.